The van der Waals surface area contributed by atoms with Gasteiger partial charge in [0.25, 0.3) is 0 Å². The molecule has 5 rings (SSSR count). The van der Waals surface area contributed by atoms with E-state index in [0.29, 0.717) is 42.5 Å². The Morgan fingerprint density at radius 1 is 0.951 bits per heavy atom. The maximum atomic E-state index is 14.0. The zero-order valence-corrected chi connectivity index (χ0v) is 27.4. The lowest BCUT2D eigenvalue weighted by atomic mass is 9.33. The number of carbonyl (C=O) groups is 3. The second-order valence-electron chi connectivity index (χ2n) is 16.5. The molecule has 0 bridgehead atoms. The summed E-state index contributed by atoms with van der Waals surface area (Å²) >= 11 is 0. The number of ketones is 1. The van der Waals surface area contributed by atoms with Gasteiger partial charge in [0.1, 0.15) is 17.3 Å². The Hall–Kier alpha value is -1.91. The number of esters is 2. The van der Waals surface area contributed by atoms with Gasteiger partial charge < -0.3 is 9.47 Å². The molecule has 41 heavy (non-hydrogen) atoms. The van der Waals surface area contributed by atoms with Gasteiger partial charge in [-0.1, -0.05) is 66.2 Å². The highest BCUT2D eigenvalue weighted by Crippen LogP contribution is 2.75. The number of Topliss-reactive ketones (excluding diaryl/α,β-unsaturated/α-hetero) is 1. The van der Waals surface area contributed by atoms with Crippen molar-refractivity contribution in [2.24, 2.45) is 50.2 Å². The van der Waals surface area contributed by atoms with Crippen LogP contribution in [0, 0.1) is 50.2 Å². The molecule has 0 N–H and O–H groups in total. The van der Waals surface area contributed by atoms with E-state index in [4.69, 9.17) is 9.47 Å². The van der Waals surface area contributed by atoms with Crippen molar-refractivity contribution < 1.29 is 23.9 Å². The SMILES string of the molecule is CC=C(C)C(=O)OC1CC(C)(C)CC2C3=CCC4C5(C)CCC(=O)C(C)(C)C5CCC4(C)C3(C)CCC12C(=O)OC. The molecule has 5 aliphatic carbocycles. The predicted molar refractivity (Wildman–Crippen MR) is 161 cm³/mol. The number of ether oxygens (including phenoxy) is 2. The zero-order valence-electron chi connectivity index (χ0n) is 27.4. The van der Waals surface area contributed by atoms with Crippen molar-refractivity contribution in [2.45, 2.75) is 126 Å². The number of hydrogen-bond acceptors (Lipinski definition) is 5. The summed E-state index contributed by atoms with van der Waals surface area (Å²) < 4.78 is 11.8. The summed E-state index contributed by atoms with van der Waals surface area (Å²) in [6, 6.07) is 0. The molecular formula is C36H54O5. The van der Waals surface area contributed by atoms with Gasteiger partial charge in [-0.3, -0.25) is 9.59 Å². The first-order valence-electron chi connectivity index (χ1n) is 16.1. The highest BCUT2D eigenvalue weighted by atomic mass is 16.6. The smallest absolute Gasteiger partial charge is 0.333 e. The van der Waals surface area contributed by atoms with Crippen LogP contribution >= 0.6 is 0 Å². The van der Waals surface area contributed by atoms with E-state index in [9.17, 15) is 14.4 Å². The van der Waals surface area contributed by atoms with Gasteiger partial charge in [-0.05, 0) is 98.7 Å². The number of methoxy groups -OCH3 is 1. The number of hydrogen-bond donors (Lipinski definition) is 0. The van der Waals surface area contributed by atoms with E-state index in [-0.39, 0.29) is 44.9 Å². The molecule has 4 fully saturated rings. The molecule has 0 aromatic carbocycles. The molecule has 5 heteroatoms. The Labute approximate surface area is 248 Å². The Bertz CT molecular complexity index is 1210. The molecule has 0 heterocycles. The fraction of sp³-hybridized carbons (Fsp3) is 0.806. The third kappa shape index (κ3) is 4.02. The first-order valence-corrected chi connectivity index (χ1v) is 16.1. The lowest BCUT2D eigenvalue weighted by Gasteiger charge is -2.70. The summed E-state index contributed by atoms with van der Waals surface area (Å²) in [5.74, 6) is 0.721. The van der Waals surface area contributed by atoms with Crippen molar-refractivity contribution in [3.05, 3.63) is 23.3 Å². The van der Waals surface area contributed by atoms with Crippen LogP contribution in [0.1, 0.15) is 120 Å². The molecule has 228 valence electrons. The number of rotatable bonds is 3. The first kappa shape index (κ1) is 30.5. The van der Waals surface area contributed by atoms with Crippen LogP contribution in [-0.2, 0) is 23.9 Å². The highest BCUT2D eigenvalue weighted by Gasteiger charge is 2.71. The monoisotopic (exact) mass is 566 g/mol. The topological polar surface area (TPSA) is 69.7 Å². The maximum absolute atomic E-state index is 14.0. The molecule has 0 saturated heterocycles. The van der Waals surface area contributed by atoms with E-state index >= 15 is 0 Å². The molecular weight excluding hydrogens is 512 g/mol. The molecule has 0 aromatic rings. The second-order valence-corrected chi connectivity index (χ2v) is 16.5. The molecule has 5 aliphatic rings. The molecule has 8 unspecified atom stereocenters. The van der Waals surface area contributed by atoms with Crippen LogP contribution in [0.5, 0.6) is 0 Å². The molecule has 4 saturated carbocycles. The highest BCUT2D eigenvalue weighted by molar-refractivity contribution is 5.88. The summed E-state index contributed by atoms with van der Waals surface area (Å²) in [5.41, 5.74) is 0.833. The minimum Gasteiger partial charge on any atom is -0.468 e. The van der Waals surface area contributed by atoms with Crippen LogP contribution in [0.2, 0.25) is 0 Å². The molecule has 0 radical (unpaired) electrons. The molecule has 0 aliphatic heterocycles. The minimum absolute atomic E-state index is 0.0335. The second kappa shape index (κ2) is 9.55. The normalized spacial score (nSPS) is 44.8. The van der Waals surface area contributed by atoms with Crippen molar-refractivity contribution in [1.29, 1.82) is 0 Å². The molecule has 0 amide bonds. The Balaban J connectivity index is 1.62. The summed E-state index contributed by atoms with van der Waals surface area (Å²) in [6.07, 6.45) is 11.6. The quantitative estimate of drug-likeness (QED) is 0.197. The van der Waals surface area contributed by atoms with Gasteiger partial charge in [0, 0.05) is 23.3 Å². The number of allylic oxidation sites excluding steroid dienone is 3. The molecule has 0 aromatic heterocycles. The molecule has 0 spiro atoms. The Morgan fingerprint density at radius 3 is 2.27 bits per heavy atom. The predicted octanol–water partition coefficient (Wildman–Crippen LogP) is 8.02. The van der Waals surface area contributed by atoms with Crippen molar-refractivity contribution in [1.82, 2.24) is 0 Å². The van der Waals surface area contributed by atoms with Crippen LogP contribution in [0.15, 0.2) is 23.3 Å². The number of fused-ring (bicyclic) bond motifs is 7. The fourth-order valence-electron chi connectivity index (χ4n) is 11.3. The van der Waals surface area contributed by atoms with Crippen molar-refractivity contribution in [2.75, 3.05) is 7.11 Å². The fourth-order valence-corrected chi connectivity index (χ4v) is 11.3. The summed E-state index contributed by atoms with van der Waals surface area (Å²) in [6.45, 7) is 20.0. The van der Waals surface area contributed by atoms with Gasteiger partial charge in [0.2, 0.25) is 0 Å². The van der Waals surface area contributed by atoms with Crippen LogP contribution in [0.25, 0.3) is 0 Å². The van der Waals surface area contributed by atoms with Gasteiger partial charge >= 0.3 is 11.9 Å². The standard InChI is InChI=1S/C36H54O5/c1-11-22(2)29(38)41-28-21-31(3,4)20-24-23-12-13-26-33(7)16-15-27(37)32(5,6)25(33)14-17-35(26,9)34(23,8)18-19-36(24,28)30(39)40-10/h11-12,24-26,28H,13-21H2,1-10H3. The van der Waals surface area contributed by atoms with Crippen LogP contribution < -0.4 is 0 Å². The van der Waals surface area contributed by atoms with Crippen molar-refractivity contribution >= 4 is 17.7 Å². The van der Waals surface area contributed by atoms with Gasteiger partial charge in [-0.25, -0.2) is 4.79 Å². The zero-order chi connectivity index (χ0) is 30.4. The third-order valence-corrected chi connectivity index (χ3v) is 13.9. The van der Waals surface area contributed by atoms with Gasteiger partial charge in [0.15, 0.2) is 0 Å². The van der Waals surface area contributed by atoms with E-state index < -0.39 is 11.5 Å². The van der Waals surface area contributed by atoms with Crippen molar-refractivity contribution in [3.63, 3.8) is 0 Å². The maximum Gasteiger partial charge on any atom is 0.333 e. The van der Waals surface area contributed by atoms with Gasteiger partial charge in [0.05, 0.1) is 7.11 Å². The van der Waals surface area contributed by atoms with E-state index in [1.165, 1.54) is 12.7 Å². The van der Waals surface area contributed by atoms with Crippen molar-refractivity contribution in [3.8, 4) is 0 Å². The van der Waals surface area contributed by atoms with E-state index in [1.807, 2.05) is 6.92 Å². The summed E-state index contributed by atoms with van der Waals surface area (Å²) in [4.78, 5) is 40.2. The van der Waals surface area contributed by atoms with Crippen LogP contribution in [0.4, 0.5) is 0 Å². The molecule has 5 nitrogen and oxygen atoms in total. The van der Waals surface area contributed by atoms with Gasteiger partial charge in [-0.15, -0.1) is 0 Å². The summed E-state index contributed by atoms with van der Waals surface area (Å²) in [7, 11) is 1.48. The van der Waals surface area contributed by atoms with Gasteiger partial charge in [-0.2, -0.15) is 0 Å². The Morgan fingerprint density at radius 2 is 1.63 bits per heavy atom. The molecule has 8 atom stereocenters. The number of carbonyl (C=O) groups excluding carboxylic acids is 3. The summed E-state index contributed by atoms with van der Waals surface area (Å²) in [5, 5.41) is 0. The average molecular weight is 567 g/mol. The van der Waals surface area contributed by atoms with Crippen LogP contribution in [0.3, 0.4) is 0 Å². The largest absolute Gasteiger partial charge is 0.468 e. The minimum atomic E-state index is -0.872. The van der Waals surface area contributed by atoms with Crippen LogP contribution in [-0.4, -0.2) is 30.9 Å². The van der Waals surface area contributed by atoms with E-state index in [1.54, 1.807) is 13.0 Å². The average Bonchev–Trinajstić information content (AvgIpc) is 2.90. The Kier molecular flexibility index (Phi) is 7.11. The van der Waals surface area contributed by atoms with E-state index in [0.717, 1.165) is 38.5 Å². The van der Waals surface area contributed by atoms with E-state index in [2.05, 4.69) is 54.5 Å². The first-order chi connectivity index (χ1) is 18.9. The third-order valence-electron chi connectivity index (χ3n) is 13.9. The lowest BCUT2D eigenvalue weighted by Crippen LogP contribution is -2.66. The lowest BCUT2D eigenvalue weighted by molar-refractivity contribution is -0.207.